The molecule has 1 rings (SSSR count). The summed E-state index contributed by atoms with van der Waals surface area (Å²) in [7, 11) is 0. The van der Waals surface area contributed by atoms with Crippen LogP contribution in [-0.4, -0.2) is 30.1 Å². The third kappa shape index (κ3) is 4.14. The minimum atomic E-state index is -0.960. The van der Waals surface area contributed by atoms with E-state index in [4.69, 9.17) is 9.84 Å². The Balaban J connectivity index is 2.54. The highest BCUT2D eigenvalue weighted by Crippen LogP contribution is 2.18. The predicted molar refractivity (Wildman–Crippen MR) is 62.3 cm³/mol. The molecule has 5 nitrogen and oxygen atoms in total. The van der Waals surface area contributed by atoms with Gasteiger partial charge in [0.05, 0.1) is 12.1 Å². The minimum Gasteiger partial charge on any atom is -0.491 e. The molecule has 0 aliphatic carbocycles. The molecule has 0 heterocycles. The maximum atomic E-state index is 10.7. The van der Waals surface area contributed by atoms with E-state index < -0.39 is 5.97 Å². The third-order valence-electron chi connectivity index (χ3n) is 2.16. The lowest BCUT2D eigenvalue weighted by Gasteiger charge is -2.09. The van der Waals surface area contributed by atoms with Crippen molar-refractivity contribution < 1.29 is 19.4 Å². The van der Waals surface area contributed by atoms with Gasteiger partial charge in [-0.25, -0.2) is 4.79 Å². The van der Waals surface area contributed by atoms with Crippen LogP contribution in [-0.2, 0) is 4.79 Å². The van der Waals surface area contributed by atoms with Crippen molar-refractivity contribution >= 4 is 11.9 Å². The van der Waals surface area contributed by atoms with Crippen molar-refractivity contribution in [2.45, 2.75) is 13.8 Å². The Morgan fingerprint density at radius 2 is 2.12 bits per heavy atom. The number of ether oxygens (including phenoxy) is 1. The van der Waals surface area contributed by atoms with E-state index in [1.165, 1.54) is 13.0 Å². The molecule has 0 spiro atoms. The molecule has 0 unspecified atom stereocenters. The first-order chi connectivity index (χ1) is 8.00. The van der Waals surface area contributed by atoms with E-state index in [-0.39, 0.29) is 11.5 Å². The van der Waals surface area contributed by atoms with Gasteiger partial charge in [-0.3, -0.25) is 4.79 Å². The second kappa shape index (κ2) is 5.89. The van der Waals surface area contributed by atoms with Gasteiger partial charge in [0.2, 0.25) is 5.91 Å². The van der Waals surface area contributed by atoms with Crippen LogP contribution in [0.25, 0.3) is 0 Å². The predicted octanol–water partition coefficient (Wildman–Crippen LogP) is 1.21. The molecule has 1 amide bonds. The third-order valence-corrected chi connectivity index (χ3v) is 2.16. The van der Waals surface area contributed by atoms with Gasteiger partial charge < -0.3 is 15.2 Å². The van der Waals surface area contributed by atoms with Crippen molar-refractivity contribution in [2.75, 3.05) is 13.2 Å². The number of hydrogen-bond acceptors (Lipinski definition) is 3. The highest BCUT2D eigenvalue weighted by atomic mass is 16.5. The van der Waals surface area contributed by atoms with E-state index in [2.05, 4.69) is 5.32 Å². The Kier molecular flexibility index (Phi) is 4.51. The van der Waals surface area contributed by atoms with Crippen molar-refractivity contribution in [3.8, 4) is 5.75 Å². The highest BCUT2D eigenvalue weighted by Gasteiger charge is 2.06. The number of aromatic carboxylic acids is 1. The molecule has 0 saturated heterocycles. The number of carboxylic acid groups (broad SMARTS) is 1. The van der Waals surface area contributed by atoms with Crippen LogP contribution in [0.2, 0.25) is 0 Å². The summed E-state index contributed by atoms with van der Waals surface area (Å²) in [6.07, 6.45) is 0. The highest BCUT2D eigenvalue weighted by molar-refractivity contribution is 5.88. The van der Waals surface area contributed by atoms with Gasteiger partial charge in [-0.1, -0.05) is 0 Å². The lowest BCUT2D eigenvalue weighted by atomic mass is 10.1. The molecule has 0 atom stereocenters. The molecule has 0 aliphatic heterocycles. The molecule has 0 saturated carbocycles. The van der Waals surface area contributed by atoms with Gasteiger partial charge in [0, 0.05) is 6.92 Å². The molecular weight excluding hydrogens is 222 g/mol. The minimum absolute atomic E-state index is 0.105. The van der Waals surface area contributed by atoms with Gasteiger partial charge in [-0.2, -0.15) is 0 Å². The molecule has 5 heteroatoms. The number of carbonyl (C=O) groups excluding carboxylic acids is 1. The zero-order valence-electron chi connectivity index (χ0n) is 9.82. The Labute approximate surface area is 99.4 Å². The maximum Gasteiger partial charge on any atom is 0.335 e. The monoisotopic (exact) mass is 237 g/mol. The molecule has 0 fully saturated rings. The summed E-state index contributed by atoms with van der Waals surface area (Å²) >= 11 is 0. The van der Waals surface area contributed by atoms with Gasteiger partial charge in [0.15, 0.2) is 0 Å². The zero-order valence-corrected chi connectivity index (χ0v) is 9.82. The second-order valence-electron chi connectivity index (χ2n) is 3.62. The average Bonchev–Trinajstić information content (AvgIpc) is 2.25. The Bertz CT molecular complexity index is 429. The molecular formula is C12H15NO4. The number of carboxylic acids is 1. The van der Waals surface area contributed by atoms with Gasteiger partial charge >= 0.3 is 5.97 Å². The fourth-order valence-electron chi connectivity index (χ4n) is 1.33. The van der Waals surface area contributed by atoms with Gasteiger partial charge in [-0.05, 0) is 30.7 Å². The van der Waals surface area contributed by atoms with E-state index in [0.717, 1.165) is 5.56 Å². The number of carbonyl (C=O) groups is 2. The van der Waals surface area contributed by atoms with Crippen molar-refractivity contribution in [2.24, 2.45) is 0 Å². The van der Waals surface area contributed by atoms with Crippen LogP contribution in [0.15, 0.2) is 18.2 Å². The zero-order chi connectivity index (χ0) is 12.8. The summed E-state index contributed by atoms with van der Waals surface area (Å²) in [5, 5.41) is 11.4. The van der Waals surface area contributed by atoms with Crippen LogP contribution in [0.5, 0.6) is 5.75 Å². The summed E-state index contributed by atoms with van der Waals surface area (Å²) in [6.45, 7) is 4.00. The van der Waals surface area contributed by atoms with E-state index in [0.29, 0.717) is 18.9 Å². The quantitative estimate of drug-likeness (QED) is 0.755. The molecule has 92 valence electrons. The number of benzene rings is 1. The van der Waals surface area contributed by atoms with Gasteiger partial charge in [0.25, 0.3) is 0 Å². The maximum absolute atomic E-state index is 10.7. The lowest BCUT2D eigenvalue weighted by molar-refractivity contribution is -0.119. The Morgan fingerprint density at radius 3 is 2.65 bits per heavy atom. The van der Waals surface area contributed by atoms with Crippen LogP contribution in [0.3, 0.4) is 0 Å². The summed E-state index contributed by atoms with van der Waals surface area (Å²) in [4.78, 5) is 21.3. The van der Waals surface area contributed by atoms with Crippen LogP contribution < -0.4 is 10.1 Å². The van der Waals surface area contributed by atoms with Crippen molar-refractivity contribution in [3.05, 3.63) is 29.3 Å². The Hall–Kier alpha value is -2.04. The van der Waals surface area contributed by atoms with Crippen molar-refractivity contribution in [1.82, 2.24) is 5.32 Å². The first-order valence-corrected chi connectivity index (χ1v) is 5.22. The largest absolute Gasteiger partial charge is 0.491 e. The smallest absolute Gasteiger partial charge is 0.335 e. The summed E-state index contributed by atoms with van der Waals surface area (Å²) < 4.78 is 5.41. The van der Waals surface area contributed by atoms with Crippen LogP contribution in [0.4, 0.5) is 0 Å². The molecule has 0 aliphatic rings. The van der Waals surface area contributed by atoms with E-state index in [9.17, 15) is 9.59 Å². The number of aryl methyl sites for hydroxylation is 1. The van der Waals surface area contributed by atoms with E-state index in [1.54, 1.807) is 19.1 Å². The molecule has 1 aromatic carbocycles. The first kappa shape index (κ1) is 13.0. The molecule has 0 aromatic heterocycles. The second-order valence-corrected chi connectivity index (χ2v) is 3.62. The van der Waals surface area contributed by atoms with Gasteiger partial charge in [0.1, 0.15) is 12.4 Å². The van der Waals surface area contributed by atoms with Gasteiger partial charge in [-0.15, -0.1) is 0 Å². The number of rotatable bonds is 5. The Morgan fingerprint density at radius 1 is 1.41 bits per heavy atom. The average molecular weight is 237 g/mol. The molecule has 2 N–H and O–H groups in total. The number of hydrogen-bond donors (Lipinski definition) is 2. The van der Waals surface area contributed by atoms with Crippen molar-refractivity contribution in [1.29, 1.82) is 0 Å². The molecule has 0 bridgehead atoms. The van der Waals surface area contributed by atoms with Crippen LogP contribution in [0, 0.1) is 6.92 Å². The van der Waals surface area contributed by atoms with Crippen LogP contribution in [0.1, 0.15) is 22.8 Å². The normalized spacial score (nSPS) is 9.76. The summed E-state index contributed by atoms with van der Waals surface area (Å²) in [5.74, 6) is -0.440. The molecule has 1 aromatic rings. The summed E-state index contributed by atoms with van der Waals surface area (Å²) in [5.41, 5.74) is 0.990. The fourth-order valence-corrected chi connectivity index (χ4v) is 1.33. The molecule has 0 radical (unpaired) electrons. The topological polar surface area (TPSA) is 75.6 Å². The fraction of sp³-hybridized carbons (Fsp3) is 0.333. The van der Waals surface area contributed by atoms with E-state index >= 15 is 0 Å². The van der Waals surface area contributed by atoms with Crippen LogP contribution >= 0.6 is 0 Å². The molecule has 17 heavy (non-hydrogen) atoms. The number of amides is 1. The number of nitrogens with one attached hydrogen (secondary N) is 1. The SMILES string of the molecule is CC(=O)NCCOc1ccc(C(=O)O)cc1C. The van der Waals surface area contributed by atoms with E-state index in [1.807, 2.05) is 0 Å². The first-order valence-electron chi connectivity index (χ1n) is 5.22. The lowest BCUT2D eigenvalue weighted by Crippen LogP contribution is -2.25. The summed E-state index contributed by atoms with van der Waals surface area (Å²) in [6, 6.07) is 4.66. The standard InChI is InChI=1S/C12H15NO4/c1-8-7-10(12(15)16)3-4-11(8)17-6-5-13-9(2)14/h3-4,7H,5-6H2,1-2H3,(H,13,14)(H,15,16). The van der Waals surface area contributed by atoms with Crippen molar-refractivity contribution in [3.63, 3.8) is 0 Å².